The van der Waals surface area contributed by atoms with Crippen molar-refractivity contribution < 1.29 is 24.6 Å². The SMILES string of the molecule is N[C@@H](Cc1c[nH]c2ccccc12)C(=O)O.O=C1CCC(C(=O)O)N1. The third-order valence-corrected chi connectivity index (χ3v) is 3.73. The summed E-state index contributed by atoms with van der Waals surface area (Å²) in [5.74, 6) is -2.08. The van der Waals surface area contributed by atoms with Crippen LogP contribution in [-0.2, 0) is 20.8 Å². The molecule has 8 nitrogen and oxygen atoms in total. The molecule has 2 atom stereocenters. The van der Waals surface area contributed by atoms with Crippen LogP contribution in [0.15, 0.2) is 30.5 Å². The summed E-state index contributed by atoms with van der Waals surface area (Å²) < 4.78 is 0. The van der Waals surface area contributed by atoms with Crippen LogP contribution in [-0.4, -0.2) is 45.1 Å². The molecule has 2 aromatic rings. The monoisotopic (exact) mass is 333 g/mol. The number of aliphatic carboxylic acids is 2. The van der Waals surface area contributed by atoms with Gasteiger partial charge in [0.05, 0.1) is 0 Å². The van der Waals surface area contributed by atoms with Crippen molar-refractivity contribution in [1.82, 2.24) is 10.3 Å². The van der Waals surface area contributed by atoms with E-state index in [0.717, 1.165) is 16.5 Å². The van der Waals surface area contributed by atoms with Crippen molar-refractivity contribution in [3.63, 3.8) is 0 Å². The molecule has 1 fully saturated rings. The second kappa shape index (κ2) is 7.60. The Morgan fingerprint density at radius 3 is 2.54 bits per heavy atom. The summed E-state index contributed by atoms with van der Waals surface area (Å²) in [5, 5.41) is 20.4. The standard InChI is InChI=1S/C11H12N2O2.C5H7NO3/c12-9(11(14)15)5-7-6-13-10-4-2-1-3-8(7)10;7-4-2-1-3(6-4)5(8)9/h1-4,6,9,13H,5,12H2,(H,14,15);3H,1-2H2,(H,6,7)(H,8,9)/t9-;/m0./s1. The van der Waals surface area contributed by atoms with Gasteiger partial charge in [0.2, 0.25) is 5.91 Å². The Hall–Kier alpha value is -2.87. The number of hydrogen-bond acceptors (Lipinski definition) is 4. The lowest BCUT2D eigenvalue weighted by molar-refractivity contribution is -0.140. The Morgan fingerprint density at radius 1 is 1.29 bits per heavy atom. The number of fused-ring (bicyclic) bond motifs is 1. The van der Waals surface area contributed by atoms with E-state index in [4.69, 9.17) is 15.9 Å². The Labute approximate surface area is 137 Å². The summed E-state index contributed by atoms with van der Waals surface area (Å²) >= 11 is 0. The van der Waals surface area contributed by atoms with Crippen LogP contribution < -0.4 is 11.1 Å². The molecule has 3 rings (SSSR count). The summed E-state index contributed by atoms with van der Waals surface area (Å²) in [4.78, 5) is 34.2. The average molecular weight is 333 g/mol. The Balaban J connectivity index is 0.000000198. The fourth-order valence-corrected chi connectivity index (χ4v) is 2.42. The molecule has 0 bridgehead atoms. The number of carbonyl (C=O) groups is 3. The van der Waals surface area contributed by atoms with E-state index in [-0.39, 0.29) is 5.91 Å². The van der Waals surface area contributed by atoms with Gasteiger partial charge in [0, 0.05) is 29.9 Å². The molecule has 1 unspecified atom stereocenters. The van der Waals surface area contributed by atoms with Crippen molar-refractivity contribution in [2.75, 3.05) is 0 Å². The summed E-state index contributed by atoms with van der Waals surface area (Å²) in [6.07, 6.45) is 2.93. The first-order valence-electron chi connectivity index (χ1n) is 7.44. The predicted octanol–water partition coefficient (Wildman–Crippen LogP) is 0.472. The number of aromatic amines is 1. The maximum Gasteiger partial charge on any atom is 0.326 e. The Morgan fingerprint density at radius 2 is 2.00 bits per heavy atom. The average Bonchev–Trinajstić information content (AvgIpc) is 3.15. The zero-order chi connectivity index (χ0) is 17.7. The molecule has 1 aliphatic rings. The molecule has 6 N–H and O–H groups in total. The molecule has 1 amide bonds. The maximum absolute atomic E-state index is 10.6. The van der Waals surface area contributed by atoms with E-state index in [1.165, 1.54) is 0 Å². The van der Waals surface area contributed by atoms with Gasteiger partial charge in [-0.25, -0.2) is 4.79 Å². The molecule has 24 heavy (non-hydrogen) atoms. The highest BCUT2D eigenvalue weighted by Crippen LogP contribution is 2.18. The number of H-pyrrole nitrogens is 1. The third kappa shape index (κ3) is 4.32. The minimum absolute atomic E-state index is 0.164. The van der Waals surface area contributed by atoms with Crippen LogP contribution in [0, 0.1) is 0 Å². The van der Waals surface area contributed by atoms with Crippen LogP contribution in [0.1, 0.15) is 18.4 Å². The Kier molecular flexibility index (Phi) is 5.54. The van der Waals surface area contributed by atoms with Crippen molar-refractivity contribution >= 4 is 28.7 Å². The number of carboxylic acids is 2. The molecule has 128 valence electrons. The highest BCUT2D eigenvalue weighted by molar-refractivity contribution is 5.87. The predicted molar refractivity (Wildman–Crippen MR) is 86.4 cm³/mol. The van der Waals surface area contributed by atoms with E-state index in [2.05, 4.69) is 10.3 Å². The smallest absolute Gasteiger partial charge is 0.326 e. The molecule has 1 aliphatic heterocycles. The lowest BCUT2D eigenvalue weighted by Crippen LogP contribution is -2.32. The van der Waals surface area contributed by atoms with Gasteiger partial charge in [0.25, 0.3) is 0 Å². The lowest BCUT2D eigenvalue weighted by Gasteiger charge is -2.04. The van der Waals surface area contributed by atoms with Crippen LogP contribution in [0.4, 0.5) is 0 Å². The van der Waals surface area contributed by atoms with Gasteiger partial charge < -0.3 is 26.2 Å². The topological polar surface area (TPSA) is 146 Å². The van der Waals surface area contributed by atoms with Crippen LogP contribution in [0.25, 0.3) is 10.9 Å². The molecule has 0 aliphatic carbocycles. The first-order chi connectivity index (χ1) is 11.4. The lowest BCUT2D eigenvalue weighted by atomic mass is 10.1. The van der Waals surface area contributed by atoms with Gasteiger partial charge in [0.1, 0.15) is 12.1 Å². The second-order valence-corrected chi connectivity index (χ2v) is 5.51. The third-order valence-electron chi connectivity index (χ3n) is 3.73. The summed E-state index contributed by atoms with van der Waals surface area (Å²) in [5.41, 5.74) is 7.43. The van der Waals surface area contributed by atoms with E-state index in [1.54, 1.807) is 0 Å². The first kappa shape index (κ1) is 17.5. The number of aromatic nitrogens is 1. The molecule has 1 saturated heterocycles. The molecule has 2 heterocycles. The van der Waals surface area contributed by atoms with Crippen LogP contribution in [0.5, 0.6) is 0 Å². The van der Waals surface area contributed by atoms with Gasteiger partial charge in [-0.2, -0.15) is 0 Å². The van der Waals surface area contributed by atoms with Crippen LogP contribution >= 0.6 is 0 Å². The number of rotatable bonds is 4. The van der Waals surface area contributed by atoms with Gasteiger partial charge in [-0.15, -0.1) is 0 Å². The molecule has 8 heteroatoms. The quantitative estimate of drug-likeness (QED) is 0.550. The summed E-state index contributed by atoms with van der Waals surface area (Å²) in [6, 6.07) is 6.27. The highest BCUT2D eigenvalue weighted by atomic mass is 16.4. The maximum atomic E-state index is 10.6. The summed E-state index contributed by atoms with van der Waals surface area (Å²) in [7, 11) is 0. The van der Waals surface area contributed by atoms with Crippen LogP contribution in [0.2, 0.25) is 0 Å². The largest absolute Gasteiger partial charge is 0.480 e. The first-order valence-corrected chi connectivity index (χ1v) is 7.44. The number of para-hydroxylation sites is 1. The van der Waals surface area contributed by atoms with E-state index >= 15 is 0 Å². The van der Waals surface area contributed by atoms with E-state index in [1.807, 2.05) is 30.5 Å². The number of hydrogen-bond donors (Lipinski definition) is 5. The molecule has 0 saturated carbocycles. The molecular formula is C16H19N3O5. The molecule has 0 radical (unpaired) electrons. The Bertz CT molecular complexity index is 755. The van der Waals surface area contributed by atoms with Crippen molar-refractivity contribution in [2.45, 2.75) is 31.3 Å². The number of nitrogens with two attached hydrogens (primary N) is 1. The van der Waals surface area contributed by atoms with Gasteiger partial charge in [0.15, 0.2) is 0 Å². The number of benzene rings is 1. The fourth-order valence-electron chi connectivity index (χ4n) is 2.42. The van der Waals surface area contributed by atoms with Crippen molar-refractivity contribution in [3.05, 3.63) is 36.0 Å². The number of nitrogens with one attached hydrogen (secondary N) is 2. The summed E-state index contributed by atoms with van der Waals surface area (Å²) in [6.45, 7) is 0. The number of carbonyl (C=O) groups excluding carboxylic acids is 1. The number of carboxylic acid groups (broad SMARTS) is 2. The minimum Gasteiger partial charge on any atom is -0.480 e. The van der Waals surface area contributed by atoms with E-state index < -0.39 is 24.0 Å². The fraction of sp³-hybridized carbons (Fsp3) is 0.312. The van der Waals surface area contributed by atoms with Gasteiger partial charge in [-0.05, 0) is 18.1 Å². The molecule has 1 aromatic heterocycles. The van der Waals surface area contributed by atoms with Crippen LogP contribution in [0.3, 0.4) is 0 Å². The minimum atomic E-state index is -0.972. The van der Waals surface area contributed by atoms with E-state index in [9.17, 15) is 14.4 Å². The van der Waals surface area contributed by atoms with Gasteiger partial charge in [-0.1, -0.05) is 18.2 Å². The van der Waals surface area contributed by atoms with Gasteiger partial charge in [-0.3, -0.25) is 9.59 Å². The molecule has 1 aromatic carbocycles. The zero-order valence-corrected chi connectivity index (χ0v) is 12.9. The van der Waals surface area contributed by atoms with Crippen molar-refractivity contribution in [3.8, 4) is 0 Å². The van der Waals surface area contributed by atoms with Crippen molar-refractivity contribution in [2.24, 2.45) is 5.73 Å². The zero-order valence-electron chi connectivity index (χ0n) is 12.9. The normalized spacial score (nSPS) is 17.7. The van der Waals surface area contributed by atoms with Crippen molar-refractivity contribution in [1.29, 1.82) is 0 Å². The highest BCUT2D eigenvalue weighted by Gasteiger charge is 2.26. The second-order valence-electron chi connectivity index (χ2n) is 5.51. The molecular weight excluding hydrogens is 314 g/mol. The molecule has 0 spiro atoms. The number of amides is 1. The van der Waals surface area contributed by atoms with Gasteiger partial charge >= 0.3 is 11.9 Å². The van der Waals surface area contributed by atoms with E-state index in [0.29, 0.717) is 19.3 Å².